The highest BCUT2D eigenvalue weighted by Crippen LogP contribution is 2.30. The molecule has 0 radical (unpaired) electrons. The lowest BCUT2D eigenvalue weighted by atomic mass is 9.82. The van der Waals surface area contributed by atoms with Crippen molar-refractivity contribution < 1.29 is 8.42 Å². The van der Waals surface area contributed by atoms with Crippen molar-refractivity contribution in [3.63, 3.8) is 0 Å². The zero-order valence-electron chi connectivity index (χ0n) is 13.5. The Balaban J connectivity index is 3.19. The summed E-state index contributed by atoms with van der Waals surface area (Å²) in [7, 11) is -3.68. The highest BCUT2D eigenvalue weighted by molar-refractivity contribution is 7.89. The normalized spacial score (nSPS) is 13.5. The van der Waals surface area contributed by atoms with Crippen molar-refractivity contribution >= 4 is 27.3 Å². The quantitative estimate of drug-likeness (QED) is 0.825. The predicted molar refractivity (Wildman–Crippen MR) is 89.1 cm³/mol. The Bertz CT molecular complexity index is 632. The van der Waals surface area contributed by atoms with Crippen LogP contribution in [0.5, 0.6) is 0 Å². The molecule has 6 heteroatoms. The molecule has 0 saturated heterocycles. The first-order valence-electron chi connectivity index (χ1n) is 6.83. The predicted octanol–water partition coefficient (Wildman–Crippen LogP) is 3.72. The molecule has 0 saturated carbocycles. The summed E-state index contributed by atoms with van der Waals surface area (Å²) in [5, 5.41) is 0.312. The fourth-order valence-corrected chi connectivity index (χ4v) is 4.74. The van der Waals surface area contributed by atoms with E-state index >= 15 is 0 Å². The maximum absolute atomic E-state index is 12.6. The fourth-order valence-electron chi connectivity index (χ4n) is 2.73. The van der Waals surface area contributed by atoms with Gasteiger partial charge < -0.3 is 5.73 Å². The first-order valence-corrected chi connectivity index (χ1v) is 8.69. The van der Waals surface area contributed by atoms with E-state index in [4.69, 9.17) is 17.3 Å². The van der Waals surface area contributed by atoms with Crippen molar-refractivity contribution in [2.75, 3.05) is 5.73 Å². The molecule has 21 heavy (non-hydrogen) atoms. The molecule has 1 rings (SSSR count). The molecule has 0 aliphatic carbocycles. The average Bonchev–Trinajstić information content (AvgIpc) is 2.17. The molecule has 0 atom stereocenters. The van der Waals surface area contributed by atoms with Crippen LogP contribution in [0.1, 0.15) is 46.6 Å². The van der Waals surface area contributed by atoms with Crippen LogP contribution < -0.4 is 10.5 Å². The van der Waals surface area contributed by atoms with Gasteiger partial charge in [0.1, 0.15) is 0 Å². The van der Waals surface area contributed by atoms with E-state index in [9.17, 15) is 8.42 Å². The van der Waals surface area contributed by atoms with Gasteiger partial charge in [-0.25, -0.2) is 13.1 Å². The zero-order chi connectivity index (χ0) is 16.6. The molecule has 0 spiro atoms. The minimum atomic E-state index is -3.68. The number of nitrogens with two attached hydrogens (primary N) is 1. The molecule has 0 bridgehead atoms. The molecule has 0 aliphatic heterocycles. The molecule has 0 aromatic heterocycles. The summed E-state index contributed by atoms with van der Waals surface area (Å²) in [6, 6.07) is 2.99. The summed E-state index contributed by atoms with van der Waals surface area (Å²) < 4.78 is 28.0. The molecular weight excluding hydrogens is 308 g/mol. The topological polar surface area (TPSA) is 72.2 Å². The third-order valence-corrected chi connectivity index (χ3v) is 5.08. The van der Waals surface area contributed by atoms with Crippen molar-refractivity contribution in [1.82, 2.24) is 4.72 Å². The summed E-state index contributed by atoms with van der Waals surface area (Å²) in [6.07, 6.45) is 0.703. The van der Waals surface area contributed by atoms with Gasteiger partial charge >= 0.3 is 0 Å². The summed E-state index contributed by atoms with van der Waals surface area (Å²) in [5.74, 6) is 0. The largest absolute Gasteiger partial charge is 0.398 e. The van der Waals surface area contributed by atoms with Gasteiger partial charge in [-0.3, -0.25) is 0 Å². The summed E-state index contributed by atoms with van der Waals surface area (Å²) in [5.41, 5.74) is 6.13. The van der Waals surface area contributed by atoms with Gasteiger partial charge in [0.15, 0.2) is 0 Å². The molecular formula is C15H25ClN2O2S. The lowest BCUT2D eigenvalue weighted by Gasteiger charge is -2.33. The second kappa shape index (κ2) is 5.78. The number of anilines is 1. The maximum atomic E-state index is 12.6. The van der Waals surface area contributed by atoms with E-state index in [1.165, 1.54) is 6.07 Å². The molecule has 0 heterocycles. The molecule has 4 nitrogen and oxygen atoms in total. The van der Waals surface area contributed by atoms with Gasteiger partial charge in [0.25, 0.3) is 0 Å². The Morgan fingerprint density at radius 1 is 1.19 bits per heavy atom. The van der Waals surface area contributed by atoms with Gasteiger partial charge in [-0.2, -0.15) is 0 Å². The van der Waals surface area contributed by atoms with E-state index in [1.54, 1.807) is 13.0 Å². The Labute approximate surface area is 133 Å². The van der Waals surface area contributed by atoms with Crippen molar-refractivity contribution in [3.05, 3.63) is 22.7 Å². The number of rotatable bonds is 4. The van der Waals surface area contributed by atoms with Crippen LogP contribution in [0.2, 0.25) is 5.02 Å². The van der Waals surface area contributed by atoms with Gasteiger partial charge in [-0.05, 0) is 50.3 Å². The lowest BCUT2D eigenvalue weighted by molar-refractivity contribution is 0.269. The Morgan fingerprint density at radius 2 is 1.71 bits per heavy atom. The van der Waals surface area contributed by atoms with E-state index in [0.29, 0.717) is 22.7 Å². The summed E-state index contributed by atoms with van der Waals surface area (Å²) >= 11 is 5.93. The van der Waals surface area contributed by atoms with Crippen LogP contribution in [0.25, 0.3) is 0 Å². The Hall–Kier alpha value is -0.780. The second-order valence-corrected chi connectivity index (χ2v) is 9.43. The van der Waals surface area contributed by atoms with E-state index in [1.807, 2.05) is 13.8 Å². The van der Waals surface area contributed by atoms with Crippen LogP contribution in [0, 0.1) is 12.3 Å². The van der Waals surface area contributed by atoms with Crippen LogP contribution in [0.3, 0.4) is 0 Å². The number of hydrogen-bond acceptors (Lipinski definition) is 3. The summed E-state index contributed by atoms with van der Waals surface area (Å²) in [6.45, 7) is 11.7. The van der Waals surface area contributed by atoms with Crippen molar-refractivity contribution in [2.24, 2.45) is 5.41 Å². The first-order chi connectivity index (χ1) is 9.23. The minimum absolute atomic E-state index is 0.00836. The number of benzene rings is 1. The molecule has 3 N–H and O–H groups in total. The molecule has 0 unspecified atom stereocenters. The second-order valence-electron chi connectivity index (χ2n) is 7.34. The van der Waals surface area contributed by atoms with Crippen LogP contribution >= 0.6 is 11.6 Å². The highest BCUT2D eigenvalue weighted by atomic mass is 35.5. The standard InChI is InChI=1S/C15H25ClN2O2S/c1-10-12(17)7-11(16)8-13(10)21(19,20)18-15(5,6)9-14(2,3)4/h7-8,18H,9,17H2,1-6H3. The average molecular weight is 333 g/mol. The number of hydrogen-bond donors (Lipinski definition) is 2. The highest BCUT2D eigenvalue weighted by Gasteiger charge is 2.31. The number of nitrogen functional groups attached to an aromatic ring is 1. The van der Waals surface area contributed by atoms with E-state index in [0.717, 1.165) is 0 Å². The Kier molecular flexibility index (Phi) is 5.03. The third kappa shape index (κ3) is 5.16. The van der Waals surface area contributed by atoms with Crippen LogP contribution in [-0.2, 0) is 10.0 Å². The van der Waals surface area contributed by atoms with Crippen LogP contribution in [-0.4, -0.2) is 14.0 Å². The minimum Gasteiger partial charge on any atom is -0.398 e. The molecule has 1 aromatic rings. The first kappa shape index (κ1) is 18.3. The smallest absolute Gasteiger partial charge is 0.241 e. The SMILES string of the molecule is Cc1c(N)cc(Cl)cc1S(=O)(=O)NC(C)(C)CC(C)(C)C. The van der Waals surface area contributed by atoms with E-state index in [2.05, 4.69) is 25.5 Å². The van der Waals surface area contributed by atoms with Crippen molar-refractivity contribution in [2.45, 2.75) is 58.4 Å². The van der Waals surface area contributed by atoms with E-state index in [-0.39, 0.29) is 10.3 Å². The number of sulfonamides is 1. The van der Waals surface area contributed by atoms with E-state index < -0.39 is 15.6 Å². The molecule has 120 valence electrons. The van der Waals surface area contributed by atoms with Gasteiger partial charge in [0.05, 0.1) is 4.90 Å². The van der Waals surface area contributed by atoms with Crippen LogP contribution in [0.4, 0.5) is 5.69 Å². The third-order valence-electron chi connectivity index (χ3n) is 3.04. The number of halogens is 1. The van der Waals surface area contributed by atoms with Gasteiger partial charge in [0.2, 0.25) is 10.0 Å². The number of nitrogens with one attached hydrogen (secondary N) is 1. The van der Waals surface area contributed by atoms with Crippen molar-refractivity contribution in [1.29, 1.82) is 0 Å². The molecule has 0 aliphatic rings. The maximum Gasteiger partial charge on any atom is 0.241 e. The lowest BCUT2D eigenvalue weighted by Crippen LogP contribution is -2.45. The van der Waals surface area contributed by atoms with Gasteiger partial charge in [-0.1, -0.05) is 32.4 Å². The Morgan fingerprint density at radius 3 is 2.19 bits per heavy atom. The zero-order valence-corrected chi connectivity index (χ0v) is 15.1. The fraction of sp³-hybridized carbons (Fsp3) is 0.600. The van der Waals surface area contributed by atoms with Gasteiger partial charge in [0, 0.05) is 16.2 Å². The molecule has 1 aromatic carbocycles. The molecule has 0 fully saturated rings. The monoisotopic (exact) mass is 332 g/mol. The van der Waals surface area contributed by atoms with Crippen molar-refractivity contribution in [3.8, 4) is 0 Å². The van der Waals surface area contributed by atoms with Crippen LogP contribution in [0.15, 0.2) is 17.0 Å². The molecule has 0 amide bonds. The summed E-state index contributed by atoms with van der Waals surface area (Å²) in [4.78, 5) is 0.134. The van der Waals surface area contributed by atoms with Gasteiger partial charge in [-0.15, -0.1) is 0 Å².